The molecule has 0 aliphatic carbocycles. The van der Waals surface area contributed by atoms with Crippen LogP contribution in [-0.4, -0.2) is 53.3 Å². The van der Waals surface area contributed by atoms with Crippen LogP contribution in [0.15, 0.2) is 54.9 Å². The van der Waals surface area contributed by atoms with Gasteiger partial charge in [0.15, 0.2) is 0 Å². The van der Waals surface area contributed by atoms with Crippen LogP contribution in [0.1, 0.15) is 13.8 Å². The normalized spacial score (nSPS) is 16.1. The molecule has 3 heterocycles. The van der Waals surface area contributed by atoms with Crippen LogP contribution >= 0.6 is 0 Å². The Morgan fingerprint density at radius 1 is 1.10 bits per heavy atom. The Balaban J connectivity index is 1.69. The summed E-state index contributed by atoms with van der Waals surface area (Å²) in [4.78, 5) is 27.8. The number of hydrogen-bond acceptors (Lipinski definition) is 6. The van der Waals surface area contributed by atoms with Gasteiger partial charge in [0.25, 0.3) is 0 Å². The van der Waals surface area contributed by atoms with E-state index < -0.39 is 0 Å². The van der Waals surface area contributed by atoms with Gasteiger partial charge in [0, 0.05) is 42.3 Å². The quantitative estimate of drug-likeness (QED) is 0.658. The molecule has 0 radical (unpaired) electrons. The molecule has 1 fully saturated rings. The molecule has 2 N–H and O–H groups in total. The van der Waals surface area contributed by atoms with Gasteiger partial charge in [-0.1, -0.05) is 12.1 Å². The summed E-state index contributed by atoms with van der Waals surface area (Å²) in [5, 5.41) is 5.54. The lowest BCUT2D eigenvalue weighted by Gasteiger charge is -2.33. The molecule has 8 heteroatoms. The number of carbonyl (C=O) groups excluding carboxylic acids is 1. The van der Waals surface area contributed by atoms with Crippen molar-refractivity contribution in [3.05, 3.63) is 54.9 Å². The Bertz CT molecular complexity index is 1030. The molecule has 1 aromatic carbocycles. The Hall–Kier alpha value is -3.52. The molecule has 1 aliphatic heterocycles. The summed E-state index contributed by atoms with van der Waals surface area (Å²) < 4.78 is 5.58. The average molecular weight is 419 g/mol. The van der Waals surface area contributed by atoms with Crippen molar-refractivity contribution < 1.29 is 9.53 Å². The SMILES string of the molecule is CCNC(=O)Nc1ccc(-c2cc(-c3ccncc3)nc(N3CCOC[C@@H]3C)n2)cc1. The van der Waals surface area contributed by atoms with Gasteiger partial charge in [-0.25, -0.2) is 14.8 Å². The van der Waals surface area contributed by atoms with Crippen molar-refractivity contribution in [1.82, 2.24) is 20.3 Å². The number of morpholine rings is 1. The minimum atomic E-state index is -0.221. The molecule has 0 spiro atoms. The van der Waals surface area contributed by atoms with Gasteiger partial charge in [-0.05, 0) is 44.2 Å². The fraction of sp³-hybridized carbons (Fsp3) is 0.304. The van der Waals surface area contributed by atoms with E-state index in [1.165, 1.54) is 0 Å². The molecule has 0 bridgehead atoms. The van der Waals surface area contributed by atoms with E-state index in [2.05, 4.69) is 27.4 Å². The standard InChI is InChI=1S/C23H26N6O2/c1-3-25-23(30)26-19-6-4-17(5-7-19)20-14-21(18-8-10-24-11-9-18)28-22(27-20)29-12-13-31-15-16(29)2/h4-11,14,16H,3,12-13,15H2,1-2H3,(H2,25,26,30)/t16-/m0/s1. The van der Waals surface area contributed by atoms with Crippen molar-refractivity contribution in [3.63, 3.8) is 0 Å². The molecule has 3 aromatic rings. The monoisotopic (exact) mass is 418 g/mol. The van der Waals surface area contributed by atoms with Crippen molar-refractivity contribution in [2.75, 3.05) is 36.5 Å². The van der Waals surface area contributed by atoms with Crippen molar-refractivity contribution in [3.8, 4) is 22.5 Å². The topological polar surface area (TPSA) is 92.3 Å². The van der Waals surface area contributed by atoms with Crippen molar-refractivity contribution in [2.45, 2.75) is 19.9 Å². The van der Waals surface area contributed by atoms with Gasteiger partial charge < -0.3 is 20.3 Å². The molecule has 1 atom stereocenters. The Morgan fingerprint density at radius 2 is 1.77 bits per heavy atom. The summed E-state index contributed by atoms with van der Waals surface area (Å²) in [6.45, 7) is 6.62. The number of urea groups is 1. The van der Waals surface area contributed by atoms with Crippen molar-refractivity contribution in [1.29, 1.82) is 0 Å². The molecule has 2 aromatic heterocycles. The second kappa shape index (κ2) is 9.53. The first-order valence-corrected chi connectivity index (χ1v) is 10.4. The van der Waals surface area contributed by atoms with Crippen LogP contribution in [0.3, 0.4) is 0 Å². The van der Waals surface area contributed by atoms with Crippen LogP contribution in [0.25, 0.3) is 22.5 Å². The predicted molar refractivity (Wildman–Crippen MR) is 121 cm³/mol. The fourth-order valence-corrected chi connectivity index (χ4v) is 3.47. The number of aromatic nitrogens is 3. The third-order valence-corrected chi connectivity index (χ3v) is 5.09. The molecule has 0 saturated carbocycles. The van der Waals surface area contributed by atoms with E-state index in [1.807, 2.05) is 49.4 Å². The van der Waals surface area contributed by atoms with Gasteiger partial charge in [-0.15, -0.1) is 0 Å². The number of hydrogen-bond donors (Lipinski definition) is 2. The molecule has 8 nitrogen and oxygen atoms in total. The highest BCUT2D eigenvalue weighted by atomic mass is 16.5. The number of ether oxygens (including phenoxy) is 1. The zero-order chi connectivity index (χ0) is 21.6. The highest BCUT2D eigenvalue weighted by Gasteiger charge is 2.23. The minimum absolute atomic E-state index is 0.193. The second-order valence-electron chi connectivity index (χ2n) is 7.35. The summed E-state index contributed by atoms with van der Waals surface area (Å²) in [7, 11) is 0. The molecule has 0 unspecified atom stereocenters. The van der Waals surface area contributed by atoms with Gasteiger partial charge in [0.1, 0.15) is 0 Å². The Morgan fingerprint density at radius 3 is 2.42 bits per heavy atom. The van der Waals surface area contributed by atoms with Crippen LogP contribution in [0.5, 0.6) is 0 Å². The first kappa shape index (κ1) is 20.7. The number of anilines is 2. The molecular formula is C23H26N6O2. The predicted octanol–water partition coefficient (Wildman–Crippen LogP) is 3.57. The van der Waals surface area contributed by atoms with Crippen LogP contribution in [-0.2, 0) is 4.74 Å². The van der Waals surface area contributed by atoms with Crippen LogP contribution in [0, 0.1) is 0 Å². The van der Waals surface area contributed by atoms with Gasteiger partial charge in [-0.3, -0.25) is 4.98 Å². The summed E-state index contributed by atoms with van der Waals surface area (Å²) in [6.07, 6.45) is 3.52. The lowest BCUT2D eigenvalue weighted by Crippen LogP contribution is -2.44. The Labute approximate surface area is 181 Å². The lowest BCUT2D eigenvalue weighted by atomic mass is 10.1. The van der Waals surface area contributed by atoms with E-state index in [0.717, 1.165) is 34.7 Å². The third kappa shape index (κ3) is 4.97. The van der Waals surface area contributed by atoms with E-state index >= 15 is 0 Å². The maximum absolute atomic E-state index is 11.8. The van der Waals surface area contributed by atoms with Gasteiger partial charge in [0.2, 0.25) is 5.95 Å². The average Bonchev–Trinajstić information content (AvgIpc) is 2.80. The lowest BCUT2D eigenvalue weighted by molar-refractivity contribution is 0.0981. The number of benzene rings is 1. The molecular weight excluding hydrogens is 392 g/mol. The second-order valence-corrected chi connectivity index (χ2v) is 7.35. The summed E-state index contributed by atoms with van der Waals surface area (Å²) in [5.41, 5.74) is 4.31. The van der Waals surface area contributed by atoms with Crippen LogP contribution < -0.4 is 15.5 Å². The van der Waals surface area contributed by atoms with E-state index in [-0.39, 0.29) is 12.1 Å². The maximum atomic E-state index is 11.8. The maximum Gasteiger partial charge on any atom is 0.319 e. The Kier molecular flexibility index (Phi) is 6.37. The molecule has 31 heavy (non-hydrogen) atoms. The number of amides is 2. The van der Waals surface area contributed by atoms with Crippen LogP contribution in [0.2, 0.25) is 0 Å². The smallest absolute Gasteiger partial charge is 0.319 e. The highest BCUT2D eigenvalue weighted by molar-refractivity contribution is 5.89. The summed E-state index contributed by atoms with van der Waals surface area (Å²) >= 11 is 0. The first-order valence-electron chi connectivity index (χ1n) is 10.4. The highest BCUT2D eigenvalue weighted by Crippen LogP contribution is 2.28. The van der Waals surface area contributed by atoms with Crippen LogP contribution in [0.4, 0.5) is 16.4 Å². The van der Waals surface area contributed by atoms with Crippen molar-refractivity contribution >= 4 is 17.7 Å². The molecule has 4 rings (SSSR count). The molecule has 1 aliphatic rings. The molecule has 160 valence electrons. The van der Waals surface area contributed by atoms with Gasteiger partial charge in [-0.2, -0.15) is 0 Å². The first-order chi connectivity index (χ1) is 15.1. The largest absolute Gasteiger partial charge is 0.377 e. The molecule has 1 saturated heterocycles. The minimum Gasteiger partial charge on any atom is -0.377 e. The van der Waals surface area contributed by atoms with Gasteiger partial charge in [0.05, 0.1) is 30.6 Å². The number of rotatable bonds is 5. The number of nitrogens with zero attached hydrogens (tertiary/aromatic N) is 4. The van der Waals surface area contributed by atoms with E-state index in [0.29, 0.717) is 25.7 Å². The number of nitrogens with one attached hydrogen (secondary N) is 2. The van der Waals surface area contributed by atoms with E-state index in [1.54, 1.807) is 12.4 Å². The van der Waals surface area contributed by atoms with Crippen molar-refractivity contribution in [2.24, 2.45) is 0 Å². The van der Waals surface area contributed by atoms with Gasteiger partial charge >= 0.3 is 6.03 Å². The molecule has 2 amide bonds. The van der Waals surface area contributed by atoms with E-state index in [9.17, 15) is 4.79 Å². The number of carbonyl (C=O) groups is 1. The summed E-state index contributed by atoms with van der Waals surface area (Å²) in [6, 6.07) is 13.5. The fourth-order valence-electron chi connectivity index (χ4n) is 3.47. The third-order valence-electron chi connectivity index (χ3n) is 5.09. The zero-order valence-electron chi connectivity index (χ0n) is 17.7. The zero-order valence-corrected chi connectivity index (χ0v) is 17.7. The van der Waals surface area contributed by atoms with E-state index in [4.69, 9.17) is 14.7 Å². The summed E-state index contributed by atoms with van der Waals surface area (Å²) in [5.74, 6) is 0.685. The number of pyridine rings is 1.